The van der Waals surface area contributed by atoms with Crippen LogP contribution in [0.15, 0.2) is 185 Å². The van der Waals surface area contributed by atoms with Crippen LogP contribution in [0.4, 0.5) is 0 Å². The second-order valence-corrected chi connectivity index (χ2v) is 15.4. The summed E-state index contributed by atoms with van der Waals surface area (Å²) >= 11 is 1.79. The molecule has 0 N–H and O–H groups in total. The van der Waals surface area contributed by atoms with Gasteiger partial charge in [0.2, 0.25) is 0 Å². The lowest BCUT2D eigenvalue weighted by atomic mass is 9.91. The maximum Gasteiger partial charge on any atom is 0.164 e. The molecule has 0 radical (unpaired) electrons. The molecule has 0 unspecified atom stereocenters. The Kier molecular flexibility index (Phi) is 7.03. The van der Waals surface area contributed by atoms with E-state index in [2.05, 4.69) is 91.0 Å². The fourth-order valence-corrected chi connectivity index (χ4v) is 9.56. The van der Waals surface area contributed by atoms with Gasteiger partial charge in [0.25, 0.3) is 0 Å². The van der Waals surface area contributed by atoms with E-state index in [1.807, 2.05) is 84.9 Å². The number of aromatic nitrogens is 3. The van der Waals surface area contributed by atoms with E-state index in [1.54, 1.807) is 11.3 Å². The third-order valence-corrected chi connectivity index (χ3v) is 12.1. The lowest BCUT2D eigenvalue weighted by molar-refractivity contribution is 0.668. The van der Waals surface area contributed by atoms with E-state index in [-0.39, 0.29) is 0 Å². The molecule has 6 heteroatoms. The Hall–Kier alpha value is -7.41. The Balaban J connectivity index is 1.06. The number of thiophene rings is 1. The molecule has 266 valence electrons. The van der Waals surface area contributed by atoms with Crippen LogP contribution < -0.4 is 0 Å². The zero-order chi connectivity index (χ0) is 37.5. The van der Waals surface area contributed by atoms with Gasteiger partial charge in [-0.15, -0.1) is 11.3 Å². The van der Waals surface area contributed by atoms with Crippen molar-refractivity contribution in [1.82, 2.24) is 15.0 Å². The smallest absolute Gasteiger partial charge is 0.164 e. The van der Waals surface area contributed by atoms with Gasteiger partial charge in [-0.2, -0.15) is 0 Å². The molecule has 0 atom stereocenters. The quantitative estimate of drug-likeness (QED) is 0.175. The van der Waals surface area contributed by atoms with Crippen LogP contribution in [-0.2, 0) is 0 Å². The van der Waals surface area contributed by atoms with Crippen LogP contribution in [0.3, 0.4) is 0 Å². The normalized spacial score (nSPS) is 11.9. The first kappa shape index (κ1) is 31.9. The average Bonchev–Trinajstić information content (AvgIpc) is 3.98. The van der Waals surface area contributed by atoms with Gasteiger partial charge in [-0.25, -0.2) is 15.0 Å². The summed E-state index contributed by atoms with van der Waals surface area (Å²) in [6.07, 6.45) is 0. The van der Waals surface area contributed by atoms with Crippen molar-refractivity contribution in [1.29, 1.82) is 0 Å². The fraction of sp³-hybridized carbons (Fsp3) is 0. The molecule has 0 fully saturated rings. The lowest BCUT2D eigenvalue weighted by Gasteiger charge is -2.11. The van der Waals surface area contributed by atoms with Gasteiger partial charge in [-0.1, -0.05) is 140 Å². The fourth-order valence-electron chi connectivity index (χ4n) is 8.39. The number of furan rings is 2. The molecule has 12 rings (SSSR count). The topological polar surface area (TPSA) is 65.0 Å². The molecule has 0 saturated heterocycles. The van der Waals surface area contributed by atoms with Crippen molar-refractivity contribution in [2.75, 3.05) is 0 Å². The van der Waals surface area contributed by atoms with Crippen molar-refractivity contribution in [3.8, 4) is 56.4 Å². The van der Waals surface area contributed by atoms with Gasteiger partial charge in [-0.05, 0) is 53.1 Å². The second-order valence-electron chi connectivity index (χ2n) is 14.3. The van der Waals surface area contributed by atoms with Crippen molar-refractivity contribution < 1.29 is 8.83 Å². The molecule has 0 aliphatic carbocycles. The Bertz CT molecular complexity index is 3470. The van der Waals surface area contributed by atoms with Crippen molar-refractivity contribution in [2.45, 2.75) is 0 Å². The van der Waals surface area contributed by atoms with E-state index in [9.17, 15) is 0 Å². The Labute approximate surface area is 330 Å². The summed E-state index contributed by atoms with van der Waals surface area (Å²) in [7, 11) is 0. The van der Waals surface area contributed by atoms with E-state index in [0.29, 0.717) is 17.5 Å². The minimum absolute atomic E-state index is 0.643. The molecule has 4 aromatic heterocycles. The van der Waals surface area contributed by atoms with Crippen molar-refractivity contribution in [2.24, 2.45) is 0 Å². The number of nitrogens with zero attached hydrogens (tertiary/aromatic N) is 3. The summed E-state index contributed by atoms with van der Waals surface area (Å²) in [6.45, 7) is 0. The monoisotopic (exact) mass is 747 g/mol. The van der Waals surface area contributed by atoms with E-state index in [0.717, 1.165) is 77.3 Å². The number of hydrogen-bond acceptors (Lipinski definition) is 6. The number of fused-ring (bicyclic) bond motifs is 9. The molecular weight excluding hydrogens is 719 g/mol. The van der Waals surface area contributed by atoms with Crippen LogP contribution in [0, 0.1) is 0 Å². The predicted molar refractivity (Wildman–Crippen MR) is 234 cm³/mol. The van der Waals surface area contributed by atoms with Crippen LogP contribution in [0.2, 0.25) is 0 Å². The number of hydrogen-bond donors (Lipinski definition) is 0. The summed E-state index contributed by atoms with van der Waals surface area (Å²) in [4.78, 5) is 14.9. The zero-order valence-electron chi connectivity index (χ0n) is 30.3. The van der Waals surface area contributed by atoms with Crippen LogP contribution in [0.5, 0.6) is 0 Å². The van der Waals surface area contributed by atoms with Crippen LogP contribution >= 0.6 is 11.3 Å². The molecule has 4 heterocycles. The number of rotatable bonds is 5. The van der Waals surface area contributed by atoms with Gasteiger partial charge in [0.1, 0.15) is 22.3 Å². The first-order valence-corrected chi connectivity index (χ1v) is 19.7. The molecule has 57 heavy (non-hydrogen) atoms. The van der Waals surface area contributed by atoms with Gasteiger partial charge in [0.05, 0.1) is 0 Å². The van der Waals surface area contributed by atoms with Crippen molar-refractivity contribution >= 4 is 75.4 Å². The van der Waals surface area contributed by atoms with Gasteiger partial charge in [-0.3, -0.25) is 0 Å². The van der Waals surface area contributed by atoms with Gasteiger partial charge >= 0.3 is 0 Å². The van der Waals surface area contributed by atoms with Gasteiger partial charge < -0.3 is 8.83 Å². The average molecular weight is 748 g/mol. The zero-order valence-corrected chi connectivity index (χ0v) is 31.1. The summed E-state index contributed by atoms with van der Waals surface area (Å²) < 4.78 is 15.5. The highest BCUT2D eigenvalue weighted by atomic mass is 32.1. The highest BCUT2D eigenvalue weighted by molar-refractivity contribution is 7.26. The minimum Gasteiger partial charge on any atom is -0.456 e. The summed E-state index contributed by atoms with van der Waals surface area (Å²) in [5, 5.41) is 6.78. The Morgan fingerprint density at radius 3 is 1.60 bits per heavy atom. The predicted octanol–water partition coefficient (Wildman–Crippen LogP) is 14.4. The van der Waals surface area contributed by atoms with E-state index >= 15 is 0 Å². The largest absolute Gasteiger partial charge is 0.456 e. The molecule has 0 aliphatic heterocycles. The molecule has 0 bridgehead atoms. The molecule has 8 aromatic carbocycles. The van der Waals surface area contributed by atoms with Crippen LogP contribution in [-0.4, -0.2) is 15.0 Å². The molecule has 0 saturated carbocycles. The molecule has 5 nitrogen and oxygen atoms in total. The third kappa shape index (κ3) is 5.04. The SMILES string of the molecule is c1ccc(-c2nc(-c3ccccc3)nc(-c3ccc4c(c3)sc3cccc(-c5ccc(-c6cccc7oc8ccccc8c67)c6oc7ccccc7c56)c34)n2)cc1. The minimum atomic E-state index is 0.643. The summed E-state index contributed by atoms with van der Waals surface area (Å²) in [5.74, 6) is 1.94. The number of benzene rings is 8. The first-order valence-electron chi connectivity index (χ1n) is 18.9. The maximum atomic E-state index is 6.82. The molecule has 0 spiro atoms. The second kappa shape index (κ2) is 12.6. The van der Waals surface area contributed by atoms with E-state index in [1.165, 1.54) is 25.7 Å². The van der Waals surface area contributed by atoms with Gasteiger partial charge in [0, 0.05) is 64.0 Å². The Morgan fingerprint density at radius 1 is 0.333 bits per heavy atom. The maximum absolute atomic E-state index is 6.82. The van der Waals surface area contributed by atoms with E-state index in [4.69, 9.17) is 23.8 Å². The molecular formula is C51H29N3O2S. The van der Waals surface area contributed by atoms with Crippen LogP contribution in [0.25, 0.3) is 120 Å². The van der Waals surface area contributed by atoms with Crippen LogP contribution in [0.1, 0.15) is 0 Å². The van der Waals surface area contributed by atoms with Crippen molar-refractivity contribution in [3.63, 3.8) is 0 Å². The highest BCUT2D eigenvalue weighted by Crippen LogP contribution is 2.48. The molecule has 0 aliphatic rings. The highest BCUT2D eigenvalue weighted by Gasteiger charge is 2.22. The van der Waals surface area contributed by atoms with Gasteiger partial charge in [0.15, 0.2) is 17.5 Å². The number of para-hydroxylation sites is 2. The Morgan fingerprint density at radius 2 is 0.877 bits per heavy atom. The molecule has 12 aromatic rings. The lowest BCUT2D eigenvalue weighted by Crippen LogP contribution is -1.99. The van der Waals surface area contributed by atoms with E-state index < -0.39 is 0 Å². The summed E-state index contributed by atoms with van der Waals surface area (Å²) in [6, 6.07) is 60.8. The third-order valence-electron chi connectivity index (χ3n) is 11.0. The molecule has 0 amide bonds. The van der Waals surface area contributed by atoms with Crippen molar-refractivity contribution in [3.05, 3.63) is 176 Å². The first-order chi connectivity index (χ1) is 28.2. The summed E-state index contributed by atoms with van der Waals surface area (Å²) in [5.41, 5.74) is 10.7. The standard InChI is InChI=1S/C51H29N3O2S/c1-3-13-30(14-4-1)49-52-50(31-15-5-2-6-16-31)54-51(53-49)32-25-26-39-44(29-32)57-43-24-12-20-33(46(39)43)35-27-28-36(48-47(35)38-18-8-10-22-41(38)56-48)34-19-11-23-42-45(34)37-17-7-9-21-40(37)55-42/h1-29H.